The van der Waals surface area contributed by atoms with E-state index in [1.54, 1.807) is 0 Å². The van der Waals surface area contributed by atoms with Gasteiger partial charge in [0.05, 0.1) is 30.1 Å². The van der Waals surface area contributed by atoms with Crippen LogP contribution in [0.5, 0.6) is 0 Å². The van der Waals surface area contributed by atoms with Crippen molar-refractivity contribution in [3.05, 3.63) is 11.1 Å². The lowest BCUT2D eigenvalue weighted by molar-refractivity contribution is -0.198. The van der Waals surface area contributed by atoms with Crippen LogP contribution in [0.1, 0.15) is 157 Å². The Balaban J connectivity index is 1.12. The van der Waals surface area contributed by atoms with Gasteiger partial charge in [0.15, 0.2) is 5.78 Å². The number of allylic oxidation sites excluding steroid dienone is 1. The average Bonchev–Trinajstić information content (AvgIpc) is 3.94. The highest BCUT2D eigenvalue weighted by Gasteiger charge is 2.78. The number of rotatable bonds is 13. The zero-order valence-electron chi connectivity index (χ0n) is 34.9. The van der Waals surface area contributed by atoms with Gasteiger partial charge < -0.3 is 41.0 Å². The smallest absolute Gasteiger partial charge is 0.162 e. The molecule has 9 heteroatoms. The maximum Gasteiger partial charge on any atom is 0.162 e. The molecule has 0 aromatic rings. The first-order valence-corrected chi connectivity index (χ1v) is 22.9. The van der Waals surface area contributed by atoms with Crippen LogP contribution in [0.3, 0.4) is 0 Å². The third kappa shape index (κ3) is 6.15. The van der Waals surface area contributed by atoms with E-state index in [0.717, 1.165) is 108 Å². The number of nitrogens with two attached hydrogens (primary N) is 1. The van der Waals surface area contributed by atoms with Gasteiger partial charge in [-0.15, -0.1) is 0 Å². The molecule has 55 heavy (non-hydrogen) atoms. The van der Waals surface area contributed by atoms with E-state index in [-0.39, 0.29) is 53.7 Å². The van der Waals surface area contributed by atoms with Gasteiger partial charge in [-0.05, 0) is 156 Å². The van der Waals surface area contributed by atoms with Gasteiger partial charge in [-0.1, -0.05) is 53.4 Å². The molecule has 8 aliphatic rings. The van der Waals surface area contributed by atoms with E-state index in [1.165, 1.54) is 19.3 Å². The minimum absolute atomic E-state index is 0.00512. The first kappa shape index (κ1) is 40.9. The van der Waals surface area contributed by atoms with Crippen LogP contribution in [-0.2, 0) is 14.3 Å². The molecule has 16 atom stereocenters. The molecule has 3 saturated heterocycles. The predicted molar refractivity (Wildman–Crippen MR) is 213 cm³/mol. The van der Waals surface area contributed by atoms with Gasteiger partial charge in [-0.2, -0.15) is 0 Å². The summed E-state index contributed by atoms with van der Waals surface area (Å²) < 4.78 is 13.9. The Kier molecular flexibility index (Phi) is 10.9. The maximum atomic E-state index is 14.8. The van der Waals surface area contributed by atoms with Crippen molar-refractivity contribution in [1.82, 2.24) is 5.32 Å². The minimum atomic E-state index is -1.30. The summed E-state index contributed by atoms with van der Waals surface area (Å²) in [7, 11) is 0. The van der Waals surface area contributed by atoms with Crippen LogP contribution in [-0.4, -0.2) is 87.2 Å². The number of hydrogen-bond acceptors (Lipinski definition) is 9. The highest BCUT2D eigenvalue weighted by Crippen LogP contribution is 2.75. The molecule has 2 unspecified atom stereocenters. The fraction of sp³-hybridized carbons (Fsp3) is 0.935. The highest BCUT2D eigenvalue weighted by molar-refractivity contribution is 6.00. The van der Waals surface area contributed by atoms with Gasteiger partial charge >= 0.3 is 0 Å². The van der Waals surface area contributed by atoms with Gasteiger partial charge in [0.1, 0.15) is 17.8 Å². The van der Waals surface area contributed by atoms with Crippen molar-refractivity contribution in [2.24, 2.45) is 57.5 Å². The van der Waals surface area contributed by atoms with Gasteiger partial charge in [-0.3, -0.25) is 4.79 Å². The SMILES string of the molecule is CCCCCC[C@]12CC[C@H](O)C[C@H]1C(=O)C1=C3[C@@H]2CC[C@@]2(C)[C@@H]([C@]4([C@@H]5O[C@@H]5[C@](C)(O)[C@](C)(CO)CCC5CCNC(N)C5)C[C@@H](C)CCO4)C[C@H](CC1)[C@@]32O. The second-order valence-electron chi connectivity index (χ2n) is 21.3. The summed E-state index contributed by atoms with van der Waals surface area (Å²) in [4.78, 5) is 14.8. The second-order valence-corrected chi connectivity index (χ2v) is 21.3. The molecule has 0 amide bonds. The van der Waals surface area contributed by atoms with Crippen molar-refractivity contribution in [3.8, 4) is 0 Å². The molecular formula is C46H76N2O7. The standard InChI is InChI=1S/C46H76N2O7/c1-6-7-8-9-17-44-20-13-31(50)25-34(44)38(51)32-11-10-30-24-35(42(4)19-14-33(44)37(32)46(30,42)53)45(26-28(2)16-22-54-45)40-39(55-40)43(5,52)41(3,27-49)18-12-29-15-21-48-36(47)23-29/h28-31,33-36,39-40,48-50,52-53H,6-27,47H2,1-5H3/t28-,29?,30-,31-,33-,34-,35-,36?,39-,40+,41-,42-,43-,44+,45-,46+/m0/s1. The van der Waals surface area contributed by atoms with Gasteiger partial charge in [0.2, 0.25) is 0 Å². The van der Waals surface area contributed by atoms with Crippen LogP contribution in [0.15, 0.2) is 11.1 Å². The number of aliphatic hydroxyl groups is 4. The number of nitrogens with one attached hydrogen (secondary N) is 1. The van der Waals surface area contributed by atoms with Crippen LogP contribution in [0.4, 0.5) is 0 Å². The largest absolute Gasteiger partial charge is 0.396 e. The number of fused-ring (bicyclic) bond motifs is 2. The molecule has 6 fully saturated rings. The lowest BCUT2D eigenvalue weighted by Gasteiger charge is -2.64. The van der Waals surface area contributed by atoms with Crippen LogP contribution >= 0.6 is 0 Å². The lowest BCUT2D eigenvalue weighted by Crippen LogP contribution is -2.66. The summed E-state index contributed by atoms with van der Waals surface area (Å²) in [5.41, 5.74) is 3.68. The Morgan fingerprint density at radius 3 is 2.55 bits per heavy atom. The van der Waals surface area contributed by atoms with Crippen molar-refractivity contribution in [2.45, 2.75) is 198 Å². The Hall–Kier alpha value is -0.910. The summed E-state index contributed by atoms with van der Waals surface area (Å²) in [5.74, 6) is 1.15. The second kappa shape index (κ2) is 14.7. The first-order valence-electron chi connectivity index (χ1n) is 22.9. The number of carbonyl (C=O) groups excluding carboxylic acids is 1. The molecule has 3 aliphatic heterocycles. The number of Topliss-reactive ketones (excluding diaryl/α,β-unsaturated/α-hetero) is 1. The van der Waals surface area contributed by atoms with Gasteiger partial charge in [-0.25, -0.2) is 0 Å². The topological polar surface area (TPSA) is 158 Å². The number of aliphatic hydroxyl groups excluding tert-OH is 2. The molecule has 0 spiro atoms. The molecule has 3 heterocycles. The van der Waals surface area contributed by atoms with Crippen LogP contribution in [0.2, 0.25) is 0 Å². The number of unbranched alkanes of at least 4 members (excludes halogenated alkanes) is 3. The van der Waals surface area contributed by atoms with Crippen LogP contribution < -0.4 is 11.1 Å². The van der Waals surface area contributed by atoms with Crippen molar-refractivity contribution in [1.29, 1.82) is 0 Å². The third-order valence-corrected chi connectivity index (χ3v) is 18.5. The fourth-order valence-corrected chi connectivity index (χ4v) is 14.9. The molecule has 0 aromatic heterocycles. The lowest BCUT2D eigenvalue weighted by atomic mass is 9.41. The predicted octanol–water partition coefficient (Wildman–Crippen LogP) is 6.33. The number of ketones is 1. The van der Waals surface area contributed by atoms with Gasteiger partial charge in [0.25, 0.3) is 0 Å². The highest BCUT2D eigenvalue weighted by atomic mass is 16.6. The molecule has 312 valence electrons. The van der Waals surface area contributed by atoms with Crippen molar-refractivity contribution >= 4 is 5.78 Å². The molecule has 0 aromatic carbocycles. The summed E-state index contributed by atoms with van der Waals surface area (Å²) >= 11 is 0. The van der Waals surface area contributed by atoms with E-state index in [0.29, 0.717) is 31.3 Å². The fourth-order valence-electron chi connectivity index (χ4n) is 14.9. The molecule has 7 N–H and O–H groups in total. The van der Waals surface area contributed by atoms with Crippen molar-refractivity contribution < 1.29 is 34.7 Å². The quantitative estimate of drug-likeness (QED) is 0.0931. The molecule has 8 rings (SSSR count). The monoisotopic (exact) mass is 769 g/mol. The zero-order chi connectivity index (χ0) is 39.2. The van der Waals surface area contributed by atoms with Crippen LogP contribution in [0, 0.1) is 51.8 Å². The first-order chi connectivity index (χ1) is 26.1. The molecular weight excluding hydrogens is 693 g/mol. The Labute approximate surface area is 331 Å². The van der Waals surface area contributed by atoms with E-state index in [2.05, 4.69) is 26.1 Å². The molecule has 9 nitrogen and oxygen atoms in total. The number of piperidine rings is 1. The van der Waals surface area contributed by atoms with E-state index in [1.807, 2.05) is 13.8 Å². The van der Waals surface area contributed by atoms with Crippen molar-refractivity contribution in [2.75, 3.05) is 19.8 Å². The minimum Gasteiger partial charge on any atom is -0.396 e. The normalized spacial score (nSPS) is 48.8. The molecule has 0 bridgehead atoms. The number of carbonyl (C=O) groups is 1. The Bertz CT molecular complexity index is 1490. The average molecular weight is 769 g/mol. The van der Waals surface area contributed by atoms with E-state index >= 15 is 0 Å². The molecule has 0 radical (unpaired) electrons. The third-order valence-electron chi connectivity index (χ3n) is 18.5. The summed E-state index contributed by atoms with van der Waals surface area (Å²) in [5, 5.41) is 51.6. The molecule has 5 aliphatic carbocycles. The van der Waals surface area contributed by atoms with Crippen LogP contribution in [0.25, 0.3) is 0 Å². The summed E-state index contributed by atoms with van der Waals surface area (Å²) in [6.45, 7) is 12.1. The Morgan fingerprint density at radius 2 is 1.82 bits per heavy atom. The number of ether oxygens (including phenoxy) is 2. The van der Waals surface area contributed by atoms with E-state index < -0.39 is 39.8 Å². The molecule has 3 saturated carbocycles. The van der Waals surface area contributed by atoms with Gasteiger partial charge in [0, 0.05) is 23.4 Å². The summed E-state index contributed by atoms with van der Waals surface area (Å²) in [6.07, 6.45) is 16.0. The number of hydrogen-bond donors (Lipinski definition) is 6. The van der Waals surface area contributed by atoms with Crippen molar-refractivity contribution in [3.63, 3.8) is 0 Å². The summed E-state index contributed by atoms with van der Waals surface area (Å²) in [6, 6.07) is 0. The zero-order valence-corrected chi connectivity index (χ0v) is 34.9. The Morgan fingerprint density at radius 1 is 1.02 bits per heavy atom. The van der Waals surface area contributed by atoms with E-state index in [9.17, 15) is 25.2 Å². The van der Waals surface area contributed by atoms with E-state index in [4.69, 9.17) is 15.2 Å². The maximum absolute atomic E-state index is 14.8. The number of epoxide rings is 1.